The van der Waals surface area contributed by atoms with Crippen molar-refractivity contribution in [3.63, 3.8) is 0 Å². The maximum Gasteiger partial charge on any atom is 0.397 e. The first-order valence-electron chi connectivity index (χ1n) is 4.88. The molecular formula is C11H13F3N2. The average Bonchev–Trinajstić information content (AvgIpc) is 2.24. The third-order valence-electron chi connectivity index (χ3n) is 2.11. The van der Waals surface area contributed by atoms with E-state index in [1.165, 1.54) is 24.6 Å². The lowest BCUT2D eigenvalue weighted by Crippen LogP contribution is -2.30. The van der Waals surface area contributed by atoms with Crippen LogP contribution in [0.5, 0.6) is 0 Å². The van der Waals surface area contributed by atoms with Crippen LogP contribution in [-0.4, -0.2) is 12.4 Å². The molecule has 0 aromatic carbocycles. The maximum absolute atomic E-state index is 12.6. The van der Waals surface area contributed by atoms with Crippen molar-refractivity contribution in [2.24, 2.45) is 10.9 Å². The molecule has 0 aromatic rings. The molecule has 0 radical (unpaired) electrons. The first kappa shape index (κ1) is 12.5. The topological polar surface area (TPSA) is 24.4 Å². The number of hydrogen-bond acceptors (Lipinski definition) is 2. The number of halogens is 3. The molecule has 5 heteroatoms. The van der Waals surface area contributed by atoms with Gasteiger partial charge in [0.1, 0.15) is 0 Å². The minimum Gasteiger partial charge on any atom is -0.363 e. The van der Waals surface area contributed by atoms with Gasteiger partial charge in [-0.25, -0.2) is 0 Å². The zero-order chi connectivity index (χ0) is 12.0. The third kappa shape index (κ3) is 3.56. The highest BCUT2D eigenvalue weighted by Crippen LogP contribution is 2.35. The highest BCUT2D eigenvalue weighted by atomic mass is 19.4. The molecular weight excluding hydrogens is 217 g/mol. The molecule has 1 atom stereocenters. The smallest absolute Gasteiger partial charge is 0.363 e. The molecule has 0 aliphatic heterocycles. The molecule has 88 valence electrons. The van der Waals surface area contributed by atoms with Crippen molar-refractivity contribution in [1.82, 2.24) is 5.32 Å². The van der Waals surface area contributed by atoms with E-state index >= 15 is 0 Å². The Labute approximate surface area is 92.3 Å². The average molecular weight is 230 g/mol. The fraction of sp³-hybridized carbons (Fsp3) is 0.364. The summed E-state index contributed by atoms with van der Waals surface area (Å²) < 4.78 is 37.8. The van der Waals surface area contributed by atoms with Gasteiger partial charge in [-0.1, -0.05) is 12.2 Å². The number of aliphatic imine (C=N–C) groups is 1. The van der Waals surface area contributed by atoms with Gasteiger partial charge < -0.3 is 5.32 Å². The molecule has 0 spiro atoms. The van der Waals surface area contributed by atoms with E-state index in [1.807, 2.05) is 0 Å². The molecule has 1 aliphatic carbocycles. The largest absolute Gasteiger partial charge is 0.397 e. The molecule has 0 bridgehead atoms. The van der Waals surface area contributed by atoms with Gasteiger partial charge in [-0.15, -0.1) is 0 Å². The van der Waals surface area contributed by atoms with Gasteiger partial charge in [-0.2, -0.15) is 13.2 Å². The monoisotopic (exact) mass is 230 g/mol. The fourth-order valence-electron chi connectivity index (χ4n) is 1.35. The Hall–Kier alpha value is -1.52. The van der Waals surface area contributed by atoms with Crippen molar-refractivity contribution in [2.45, 2.75) is 19.5 Å². The lowest BCUT2D eigenvalue weighted by Gasteiger charge is -2.23. The predicted octanol–water partition coefficient (Wildman–Crippen LogP) is 3.16. The number of nitrogens with one attached hydrogen (secondary N) is 1. The highest BCUT2D eigenvalue weighted by molar-refractivity contribution is 5.54. The standard InChI is InChI=1S/C11H13F3N2/c1-2-15-7-8-16-10-6-4-3-5-9(10)11(12,13)14/h2-4,6-9,16H,5H2,1H3/b8-7-,15-2?. The van der Waals surface area contributed by atoms with Crippen LogP contribution in [0.25, 0.3) is 0 Å². The van der Waals surface area contributed by atoms with Crippen LogP contribution >= 0.6 is 0 Å². The Morgan fingerprint density at radius 1 is 1.50 bits per heavy atom. The van der Waals surface area contributed by atoms with Crippen LogP contribution in [-0.2, 0) is 0 Å². The van der Waals surface area contributed by atoms with Crippen LogP contribution in [0.2, 0.25) is 0 Å². The summed E-state index contributed by atoms with van der Waals surface area (Å²) in [5.74, 6) is -1.45. The molecule has 0 aromatic heterocycles. The second-order valence-electron chi connectivity index (χ2n) is 3.25. The summed E-state index contributed by atoms with van der Waals surface area (Å²) in [4.78, 5) is 3.75. The van der Waals surface area contributed by atoms with Gasteiger partial charge in [-0.3, -0.25) is 4.99 Å². The van der Waals surface area contributed by atoms with Crippen LogP contribution in [0, 0.1) is 5.92 Å². The Kier molecular flexibility index (Phi) is 4.34. The first-order valence-corrected chi connectivity index (χ1v) is 4.88. The van der Waals surface area contributed by atoms with E-state index in [2.05, 4.69) is 10.3 Å². The lowest BCUT2D eigenvalue weighted by molar-refractivity contribution is -0.164. The Balaban J connectivity index is 2.68. The van der Waals surface area contributed by atoms with Gasteiger partial charge in [0.2, 0.25) is 0 Å². The summed E-state index contributed by atoms with van der Waals surface area (Å²) in [5, 5.41) is 2.61. The number of alkyl halides is 3. The van der Waals surface area contributed by atoms with Crippen LogP contribution < -0.4 is 5.32 Å². The van der Waals surface area contributed by atoms with Gasteiger partial charge in [0.25, 0.3) is 0 Å². The van der Waals surface area contributed by atoms with Crippen molar-refractivity contribution in [1.29, 1.82) is 0 Å². The molecule has 1 aliphatic rings. The molecule has 0 saturated heterocycles. The molecule has 1 unspecified atom stereocenters. The Bertz CT molecular complexity index is 338. The summed E-state index contributed by atoms with van der Waals surface area (Å²) in [6.45, 7) is 1.73. The van der Waals surface area contributed by atoms with Gasteiger partial charge in [0.15, 0.2) is 0 Å². The second-order valence-corrected chi connectivity index (χ2v) is 3.25. The quantitative estimate of drug-likeness (QED) is 0.740. The highest BCUT2D eigenvalue weighted by Gasteiger charge is 2.41. The number of allylic oxidation sites excluding steroid dienone is 4. The molecule has 0 saturated carbocycles. The molecule has 1 rings (SSSR count). The second kappa shape index (κ2) is 5.53. The van der Waals surface area contributed by atoms with Gasteiger partial charge >= 0.3 is 6.18 Å². The summed E-state index contributed by atoms with van der Waals surface area (Å²) in [5.41, 5.74) is 0.151. The van der Waals surface area contributed by atoms with E-state index in [-0.39, 0.29) is 12.1 Å². The fourth-order valence-corrected chi connectivity index (χ4v) is 1.35. The van der Waals surface area contributed by atoms with E-state index in [0.717, 1.165) is 0 Å². The van der Waals surface area contributed by atoms with Gasteiger partial charge in [0, 0.05) is 24.3 Å². The lowest BCUT2D eigenvalue weighted by atomic mass is 9.96. The Morgan fingerprint density at radius 3 is 2.88 bits per heavy atom. The predicted molar refractivity (Wildman–Crippen MR) is 57.8 cm³/mol. The van der Waals surface area contributed by atoms with Crippen molar-refractivity contribution in [2.75, 3.05) is 0 Å². The summed E-state index contributed by atoms with van der Waals surface area (Å²) in [6.07, 6.45) is 4.67. The van der Waals surface area contributed by atoms with Crippen molar-refractivity contribution in [3.05, 3.63) is 36.3 Å². The van der Waals surface area contributed by atoms with E-state index < -0.39 is 12.1 Å². The van der Waals surface area contributed by atoms with E-state index in [4.69, 9.17) is 0 Å². The summed E-state index contributed by atoms with van der Waals surface area (Å²) >= 11 is 0. The SMILES string of the molecule is CC=N/C=C\NC1=CC=CCC1C(F)(F)F. The number of hydrogen-bond donors (Lipinski definition) is 1. The minimum atomic E-state index is -4.22. The van der Waals surface area contributed by atoms with Crippen molar-refractivity contribution in [3.8, 4) is 0 Å². The maximum atomic E-state index is 12.6. The van der Waals surface area contributed by atoms with Crippen molar-refractivity contribution < 1.29 is 13.2 Å². The first-order chi connectivity index (χ1) is 7.55. The number of rotatable bonds is 3. The summed E-state index contributed by atoms with van der Waals surface area (Å²) in [6, 6.07) is 0. The minimum absolute atomic E-state index is 0.0206. The van der Waals surface area contributed by atoms with Crippen LogP contribution in [0.3, 0.4) is 0 Å². The third-order valence-corrected chi connectivity index (χ3v) is 2.11. The zero-order valence-corrected chi connectivity index (χ0v) is 8.83. The van der Waals surface area contributed by atoms with Gasteiger partial charge in [0.05, 0.1) is 5.92 Å². The summed E-state index contributed by atoms with van der Waals surface area (Å²) in [7, 11) is 0. The molecule has 0 amide bonds. The number of nitrogens with zero attached hydrogens (tertiary/aromatic N) is 1. The van der Waals surface area contributed by atoms with E-state index in [9.17, 15) is 13.2 Å². The Morgan fingerprint density at radius 2 is 2.25 bits per heavy atom. The van der Waals surface area contributed by atoms with Crippen LogP contribution in [0.1, 0.15) is 13.3 Å². The molecule has 0 heterocycles. The molecule has 1 N–H and O–H groups in total. The zero-order valence-electron chi connectivity index (χ0n) is 8.83. The van der Waals surface area contributed by atoms with Crippen LogP contribution in [0.15, 0.2) is 41.3 Å². The van der Waals surface area contributed by atoms with Crippen molar-refractivity contribution >= 4 is 6.21 Å². The van der Waals surface area contributed by atoms with Crippen LogP contribution in [0.4, 0.5) is 13.2 Å². The molecule has 16 heavy (non-hydrogen) atoms. The normalized spacial score (nSPS) is 21.8. The molecule has 0 fully saturated rings. The van der Waals surface area contributed by atoms with Gasteiger partial charge in [-0.05, 0) is 19.4 Å². The van der Waals surface area contributed by atoms with E-state index in [0.29, 0.717) is 0 Å². The van der Waals surface area contributed by atoms with E-state index in [1.54, 1.807) is 19.2 Å². The molecule has 2 nitrogen and oxygen atoms in total.